The van der Waals surface area contributed by atoms with Crippen molar-refractivity contribution in [2.45, 2.75) is 19.4 Å². The Morgan fingerprint density at radius 1 is 1.17 bits per heavy atom. The van der Waals surface area contributed by atoms with Gasteiger partial charge in [0.1, 0.15) is 17.6 Å². The maximum atomic E-state index is 10.2. The van der Waals surface area contributed by atoms with Crippen LogP contribution in [-0.2, 0) is 11.2 Å². The van der Waals surface area contributed by atoms with Gasteiger partial charge >= 0.3 is 0 Å². The molecule has 0 aliphatic rings. The van der Waals surface area contributed by atoms with E-state index in [2.05, 4.69) is 0 Å². The summed E-state index contributed by atoms with van der Waals surface area (Å²) in [4.78, 5) is 0. The number of hydrogen-bond donors (Lipinski definition) is 1. The molecule has 0 amide bonds. The van der Waals surface area contributed by atoms with Gasteiger partial charge in [-0.05, 0) is 36.6 Å². The van der Waals surface area contributed by atoms with E-state index in [4.69, 9.17) is 9.15 Å². The number of rotatable bonds is 5. The maximum absolute atomic E-state index is 10.2. The predicted octanol–water partition coefficient (Wildman–Crippen LogP) is 2.86. The second-order valence-electron chi connectivity index (χ2n) is 4.34. The molecule has 2 rings (SSSR count). The summed E-state index contributed by atoms with van der Waals surface area (Å²) in [5, 5.41) is 10.2. The number of aryl methyl sites for hydroxylation is 1. The Hall–Kier alpha value is -1.58. The first kappa shape index (κ1) is 12.9. The van der Waals surface area contributed by atoms with Gasteiger partial charge in [-0.1, -0.05) is 24.3 Å². The van der Waals surface area contributed by atoms with Gasteiger partial charge in [0, 0.05) is 7.11 Å². The fourth-order valence-corrected chi connectivity index (χ4v) is 1.85. The summed E-state index contributed by atoms with van der Waals surface area (Å²) in [5.74, 6) is 1.39. The average molecular weight is 246 g/mol. The van der Waals surface area contributed by atoms with Gasteiger partial charge in [0.2, 0.25) is 0 Å². The smallest absolute Gasteiger partial charge is 0.137 e. The normalized spacial score (nSPS) is 12.6. The van der Waals surface area contributed by atoms with E-state index in [1.165, 1.54) is 5.56 Å². The van der Waals surface area contributed by atoms with Gasteiger partial charge in [-0.15, -0.1) is 0 Å². The van der Waals surface area contributed by atoms with E-state index in [1.807, 2.05) is 37.3 Å². The zero-order valence-corrected chi connectivity index (χ0v) is 10.7. The molecule has 1 atom stereocenters. The highest BCUT2D eigenvalue weighted by atomic mass is 16.5. The molecule has 18 heavy (non-hydrogen) atoms. The molecule has 1 aromatic heterocycles. The third-order valence-electron chi connectivity index (χ3n) is 2.92. The lowest BCUT2D eigenvalue weighted by Gasteiger charge is -2.09. The van der Waals surface area contributed by atoms with Gasteiger partial charge in [0.15, 0.2) is 0 Å². The number of furan rings is 1. The molecule has 1 unspecified atom stereocenters. The zero-order valence-electron chi connectivity index (χ0n) is 10.7. The molecule has 2 aromatic rings. The molecular weight excluding hydrogens is 228 g/mol. The summed E-state index contributed by atoms with van der Waals surface area (Å²) in [6, 6.07) is 11.5. The molecule has 0 bridgehead atoms. The lowest BCUT2D eigenvalue weighted by molar-refractivity contribution is 0.187. The van der Waals surface area contributed by atoms with Crippen molar-refractivity contribution >= 4 is 0 Å². The number of aliphatic hydroxyl groups excluding tert-OH is 1. The summed E-state index contributed by atoms with van der Waals surface area (Å²) >= 11 is 0. The third-order valence-corrected chi connectivity index (χ3v) is 2.92. The lowest BCUT2D eigenvalue weighted by atomic mass is 10.0. The molecule has 0 saturated heterocycles. The maximum Gasteiger partial charge on any atom is 0.137 e. The Morgan fingerprint density at radius 3 is 2.44 bits per heavy atom. The highest BCUT2D eigenvalue weighted by Gasteiger charge is 2.13. The van der Waals surface area contributed by atoms with Crippen molar-refractivity contribution in [3.8, 4) is 0 Å². The van der Waals surface area contributed by atoms with Gasteiger partial charge in [-0.25, -0.2) is 0 Å². The number of methoxy groups -OCH3 is 1. The van der Waals surface area contributed by atoms with Crippen LogP contribution in [0.2, 0.25) is 0 Å². The SMILES string of the molecule is COCCc1ccc(C(O)c2ccc(C)o2)cc1. The van der Waals surface area contributed by atoms with E-state index in [0.29, 0.717) is 12.4 Å². The fourth-order valence-electron chi connectivity index (χ4n) is 1.85. The number of ether oxygens (including phenoxy) is 1. The fraction of sp³-hybridized carbons (Fsp3) is 0.333. The lowest BCUT2D eigenvalue weighted by Crippen LogP contribution is -1.99. The Labute approximate surface area is 107 Å². The number of benzene rings is 1. The van der Waals surface area contributed by atoms with Crippen molar-refractivity contribution in [1.29, 1.82) is 0 Å². The second-order valence-corrected chi connectivity index (χ2v) is 4.34. The molecule has 0 aliphatic heterocycles. The first-order valence-electron chi connectivity index (χ1n) is 6.03. The zero-order chi connectivity index (χ0) is 13.0. The minimum atomic E-state index is -0.699. The molecule has 1 aromatic carbocycles. The average Bonchev–Trinajstić information content (AvgIpc) is 2.83. The van der Waals surface area contributed by atoms with Crippen LogP contribution in [0.15, 0.2) is 40.8 Å². The van der Waals surface area contributed by atoms with Gasteiger partial charge in [-0.2, -0.15) is 0 Å². The van der Waals surface area contributed by atoms with Crippen molar-refractivity contribution in [1.82, 2.24) is 0 Å². The second kappa shape index (κ2) is 5.85. The van der Waals surface area contributed by atoms with E-state index in [9.17, 15) is 5.11 Å². The molecule has 0 fully saturated rings. The quantitative estimate of drug-likeness (QED) is 0.882. The van der Waals surface area contributed by atoms with Gasteiger partial charge in [-0.3, -0.25) is 0 Å². The van der Waals surface area contributed by atoms with E-state index in [-0.39, 0.29) is 0 Å². The van der Waals surface area contributed by atoms with Crippen molar-refractivity contribution in [3.05, 3.63) is 59.0 Å². The first-order chi connectivity index (χ1) is 8.70. The molecule has 0 aliphatic carbocycles. The van der Waals surface area contributed by atoms with E-state index in [1.54, 1.807) is 13.2 Å². The topological polar surface area (TPSA) is 42.6 Å². The van der Waals surface area contributed by atoms with Gasteiger partial charge < -0.3 is 14.3 Å². The summed E-state index contributed by atoms with van der Waals surface area (Å²) in [5.41, 5.74) is 2.04. The predicted molar refractivity (Wildman–Crippen MR) is 69.5 cm³/mol. The minimum Gasteiger partial charge on any atom is -0.463 e. The van der Waals surface area contributed by atoms with Crippen LogP contribution in [0.1, 0.15) is 28.8 Å². The van der Waals surface area contributed by atoms with E-state index >= 15 is 0 Å². The number of hydrogen-bond acceptors (Lipinski definition) is 3. The Kier molecular flexibility index (Phi) is 4.18. The standard InChI is InChI=1S/C15H18O3/c1-11-3-8-14(18-11)15(16)13-6-4-12(5-7-13)9-10-17-2/h3-8,15-16H,9-10H2,1-2H3. The molecule has 1 heterocycles. The summed E-state index contributed by atoms with van der Waals surface area (Å²) in [7, 11) is 1.69. The molecule has 0 radical (unpaired) electrons. The van der Waals surface area contributed by atoms with Crippen LogP contribution in [0.3, 0.4) is 0 Å². The van der Waals surface area contributed by atoms with Crippen LogP contribution in [0, 0.1) is 6.92 Å². The summed E-state index contributed by atoms with van der Waals surface area (Å²) < 4.78 is 10.5. The van der Waals surface area contributed by atoms with E-state index < -0.39 is 6.10 Å². The minimum absolute atomic E-state index is 0.581. The monoisotopic (exact) mass is 246 g/mol. The van der Waals surface area contributed by atoms with Crippen LogP contribution in [0.25, 0.3) is 0 Å². The van der Waals surface area contributed by atoms with Crippen molar-refractivity contribution in [3.63, 3.8) is 0 Å². The third kappa shape index (κ3) is 3.00. The van der Waals surface area contributed by atoms with Crippen molar-refractivity contribution in [2.75, 3.05) is 13.7 Å². The molecule has 0 spiro atoms. The van der Waals surface area contributed by atoms with Gasteiger partial charge in [0.25, 0.3) is 0 Å². The molecule has 3 nitrogen and oxygen atoms in total. The Bertz CT molecular complexity index is 485. The van der Waals surface area contributed by atoms with E-state index in [0.717, 1.165) is 17.7 Å². The van der Waals surface area contributed by atoms with Crippen LogP contribution in [0.5, 0.6) is 0 Å². The molecule has 0 saturated carbocycles. The van der Waals surface area contributed by atoms with Crippen molar-refractivity contribution in [2.24, 2.45) is 0 Å². The van der Waals surface area contributed by atoms with Crippen molar-refractivity contribution < 1.29 is 14.3 Å². The number of aliphatic hydroxyl groups is 1. The molecular formula is C15H18O3. The molecule has 96 valence electrons. The highest BCUT2D eigenvalue weighted by molar-refractivity contribution is 5.28. The highest BCUT2D eigenvalue weighted by Crippen LogP contribution is 2.23. The van der Waals surface area contributed by atoms with Crippen LogP contribution >= 0.6 is 0 Å². The first-order valence-corrected chi connectivity index (χ1v) is 6.03. The molecule has 1 N–H and O–H groups in total. The van der Waals surface area contributed by atoms with Crippen LogP contribution in [0.4, 0.5) is 0 Å². The van der Waals surface area contributed by atoms with Crippen LogP contribution < -0.4 is 0 Å². The summed E-state index contributed by atoms with van der Waals surface area (Å²) in [6.45, 7) is 2.57. The largest absolute Gasteiger partial charge is 0.463 e. The Balaban J connectivity index is 2.09. The molecule has 3 heteroatoms. The van der Waals surface area contributed by atoms with Crippen LogP contribution in [-0.4, -0.2) is 18.8 Å². The van der Waals surface area contributed by atoms with Gasteiger partial charge in [0.05, 0.1) is 6.61 Å². The summed E-state index contributed by atoms with van der Waals surface area (Å²) in [6.07, 6.45) is 0.183. The Morgan fingerprint density at radius 2 is 1.89 bits per heavy atom.